The van der Waals surface area contributed by atoms with Crippen molar-refractivity contribution in [3.8, 4) is 5.75 Å². The maximum atomic E-state index is 5.93. The van der Waals surface area contributed by atoms with Crippen LogP contribution in [0.1, 0.15) is 11.1 Å². The molecular formula is C17H17N3O. The Bertz CT molecular complexity index is 740. The highest BCUT2D eigenvalue weighted by Gasteiger charge is 2.21. The second-order valence-corrected chi connectivity index (χ2v) is 5.38. The Morgan fingerprint density at radius 3 is 3.05 bits per heavy atom. The van der Waals surface area contributed by atoms with Gasteiger partial charge in [0, 0.05) is 31.3 Å². The number of aromatic nitrogens is 2. The first-order valence-corrected chi connectivity index (χ1v) is 7.27. The molecule has 1 N–H and O–H groups in total. The minimum Gasteiger partial charge on any atom is -0.488 e. The van der Waals surface area contributed by atoms with Crippen LogP contribution < -0.4 is 10.1 Å². The summed E-state index contributed by atoms with van der Waals surface area (Å²) >= 11 is 0. The van der Waals surface area contributed by atoms with Crippen molar-refractivity contribution in [3.05, 3.63) is 66.0 Å². The van der Waals surface area contributed by atoms with Crippen molar-refractivity contribution < 1.29 is 4.74 Å². The maximum absolute atomic E-state index is 5.93. The number of hydrogen-bond acceptors (Lipinski definition) is 3. The van der Waals surface area contributed by atoms with Gasteiger partial charge in [0.05, 0.1) is 11.7 Å². The van der Waals surface area contributed by atoms with Crippen LogP contribution in [0.15, 0.2) is 54.9 Å². The molecule has 4 nitrogen and oxygen atoms in total. The zero-order chi connectivity index (χ0) is 14.1. The first-order chi connectivity index (χ1) is 10.4. The van der Waals surface area contributed by atoms with Crippen molar-refractivity contribution in [1.82, 2.24) is 14.9 Å². The maximum Gasteiger partial charge on any atom is 0.123 e. The fourth-order valence-corrected chi connectivity index (χ4v) is 2.86. The molecule has 21 heavy (non-hydrogen) atoms. The fourth-order valence-electron chi connectivity index (χ4n) is 2.86. The van der Waals surface area contributed by atoms with Gasteiger partial charge >= 0.3 is 0 Å². The van der Waals surface area contributed by atoms with Gasteiger partial charge in [0.2, 0.25) is 0 Å². The molecule has 106 valence electrons. The topological polar surface area (TPSA) is 38.6 Å². The van der Waals surface area contributed by atoms with Crippen molar-refractivity contribution in [2.45, 2.75) is 19.1 Å². The normalized spacial score (nSPS) is 16.9. The summed E-state index contributed by atoms with van der Waals surface area (Å²) in [6.07, 6.45) is 5.10. The lowest BCUT2D eigenvalue weighted by Gasteiger charge is -2.11. The van der Waals surface area contributed by atoms with Crippen LogP contribution in [0.5, 0.6) is 5.75 Å². The number of benzene rings is 1. The summed E-state index contributed by atoms with van der Waals surface area (Å²) in [5.74, 6) is 1.03. The highest BCUT2D eigenvalue weighted by molar-refractivity contribution is 5.53. The Hall–Kier alpha value is -2.33. The zero-order valence-electron chi connectivity index (χ0n) is 11.7. The van der Waals surface area contributed by atoms with Gasteiger partial charge in [0.1, 0.15) is 11.9 Å². The van der Waals surface area contributed by atoms with Crippen molar-refractivity contribution in [2.75, 3.05) is 6.54 Å². The van der Waals surface area contributed by atoms with E-state index in [1.54, 1.807) is 0 Å². The first kappa shape index (κ1) is 12.4. The minimum atomic E-state index is 0.226. The van der Waals surface area contributed by atoms with E-state index >= 15 is 0 Å². The summed E-state index contributed by atoms with van der Waals surface area (Å²) in [7, 11) is 0. The van der Waals surface area contributed by atoms with Gasteiger partial charge < -0.3 is 10.1 Å². The number of ether oxygens (including phenoxy) is 1. The molecule has 0 amide bonds. The molecule has 4 rings (SSSR count). The first-order valence-electron chi connectivity index (χ1n) is 7.27. The smallest absolute Gasteiger partial charge is 0.123 e. The molecular weight excluding hydrogens is 262 g/mol. The van der Waals surface area contributed by atoms with Gasteiger partial charge in [-0.2, -0.15) is 5.10 Å². The second kappa shape index (κ2) is 5.22. The van der Waals surface area contributed by atoms with E-state index in [9.17, 15) is 0 Å². The predicted octanol–water partition coefficient (Wildman–Crippen LogP) is 2.43. The SMILES string of the molecule is c1ccc2c(c1)CC(CNCc1cnn3ccccc13)O2. The number of rotatable bonds is 4. The molecule has 3 aromatic rings. The van der Waals surface area contributed by atoms with Gasteiger partial charge in [-0.3, -0.25) is 0 Å². The Morgan fingerprint density at radius 1 is 1.19 bits per heavy atom. The third-order valence-corrected chi connectivity index (χ3v) is 3.91. The van der Waals surface area contributed by atoms with E-state index < -0.39 is 0 Å². The van der Waals surface area contributed by atoms with E-state index in [1.165, 1.54) is 11.1 Å². The molecule has 0 spiro atoms. The average Bonchev–Trinajstić information content (AvgIpc) is 3.11. The van der Waals surface area contributed by atoms with Crippen molar-refractivity contribution in [3.63, 3.8) is 0 Å². The Balaban J connectivity index is 1.37. The average molecular weight is 279 g/mol. The summed E-state index contributed by atoms with van der Waals surface area (Å²) < 4.78 is 7.83. The summed E-state index contributed by atoms with van der Waals surface area (Å²) in [6.45, 7) is 1.66. The Kier molecular flexibility index (Phi) is 3.09. The summed E-state index contributed by atoms with van der Waals surface area (Å²) in [6, 6.07) is 14.4. The third kappa shape index (κ3) is 2.38. The molecule has 1 aliphatic rings. The van der Waals surface area contributed by atoms with E-state index in [2.05, 4.69) is 28.6 Å². The number of nitrogens with zero attached hydrogens (tertiary/aromatic N) is 2. The molecule has 1 atom stereocenters. The minimum absolute atomic E-state index is 0.226. The van der Waals surface area contributed by atoms with E-state index in [4.69, 9.17) is 4.74 Å². The number of nitrogens with one attached hydrogen (secondary N) is 1. The van der Waals surface area contributed by atoms with E-state index in [0.29, 0.717) is 0 Å². The molecule has 2 aromatic heterocycles. The van der Waals surface area contributed by atoms with Crippen LogP contribution in [-0.4, -0.2) is 22.3 Å². The number of pyridine rings is 1. The zero-order valence-corrected chi connectivity index (χ0v) is 11.7. The molecule has 0 saturated carbocycles. The van der Waals surface area contributed by atoms with Crippen LogP contribution in [-0.2, 0) is 13.0 Å². The van der Waals surface area contributed by atoms with Crippen molar-refractivity contribution in [1.29, 1.82) is 0 Å². The van der Waals surface area contributed by atoms with Gasteiger partial charge in [-0.1, -0.05) is 24.3 Å². The van der Waals surface area contributed by atoms with Crippen LogP contribution in [0, 0.1) is 0 Å². The van der Waals surface area contributed by atoms with E-state index in [-0.39, 0.29) is 6.10 Å². The standard InChI is InChI=1S/C17H17N3O/c1-2-7-17-13(5-1)9-15(21-17)12-18-10-14-11-19-20-8-4-3-6-16(14)20/h1-8,11,15,18H,9-10,12H2. The summed E-state index contributed by atoms with van der Waals surface area (Å²) in [5, 5.41) is 7.83. The van der Waals surface area contributed by atoms with Crippen molar-refractivity contribution >= 4 is 5.52 Å². The quantitative estimate of drug-likeness (QED) is 0.797. The Labute approximate surface area is 123 Å². The lowest BCUT2D eigenvalue weighted by atomic mass is 10.1. The molecule has 0 bridgehead atoms. The number of para-hydroxylation sites is 1. The highest BCUT2D eigenvalue weighted by Crippen LogP contribution is 2.27. The van der Waals surface area contributed by atoms with Crippen molar-refractivity contribution in [2.24, 2.45) is 0 Å². The monoisotopic (exact) mass is 279 g/mol. The van der Waals surface area contributed by atoms with Gasteiger partial charge in [0.25, 0.3) is 0 Å². The van der Waals surface area contributed by atoms with Gasteiger partial charge in [-0.15, -0.1) is 0 Å². The van der Waals surface area contributed by atoms with Crippen LogP contribution in [0.2, 0.25) is 0 Å². The molecule has 0 saturated heterocycles. The van der Waals surface area contributed by atoms with Gasteiger partial charge in [-0.25, -0.2) is 4.52 Å². The molecule has 4 heteroatoms. The van der Waals surface area contributed by atoms with Crippen LogP contribution in [0.4, 0.5) is 0 Å². The molecule has 1 unspecified atom stereocenters. The van der Waals surface area contributed by atoms with Gasteiger partial charge in [0.15, 0.2) is 0 Å². The van der Waals surface area contributed by atoms with Crippen LogP contribution in [0.25, 0.3) is 5.52 Å². The second-order valence-electron chi connectivity index (χ2n) is 5.38. The lowest BCUT2D eigenvalue weighted by Crippen LogP contribution is -2.29. The van der Waals surface area contributed by atoms with Gasteiger partial charge in [-0.05, 0) is 23.8 Å². The molecule has 0 fully saturated rings. The molecule has 0 radical (unpaired) electrons. The van der Waals surface area contributed by atoms with E-state index in [0.717, 1.165) is 30.8 Å². The largest absolute Gasteiger partial charge is 0.488 e. The van der Waals surface area contributed by atoms with Crippen LogP contribution >= 0.6 is 0 Å². The summed E-state index contributed by atoms with van der Waals surface area (Å²) in [5.41, 5.74) is 3.67. The molecule has 0 aliphatic carbocycles. The fraction of sp³-hybridized carbons (Fsp3) is 0.235. The lowest BCUT2D eigenvalue weighted by molar-refractivity contribution is 0.227. The molecule has 3 heterocycles. The summed E-state index contributed by atoms with van der Waals surface area (Å²) in [4.78, 5) is 0. The molecule has 1 aromatic carbocycles. The predicted molar refractivity (Wildman–Crippen MR) is 81.5 cm³/mol. The number of hydrogen-bond donors (Lipinski definition) is 1. The Morgan fingerprint density at radius 2 is 2.10 bits per heavy atom. The highest BCUT2D eigenvalue weighted by atomic mass is 16.5. The molecule has 1 aliphatic heterocycles. The van der Waals surface area contributed by atoms with E-state index in [1.807, 2.05) is 41.2 Å². The third-order valence-electron chi connectivity index (χ3n) is 3.91. The van der Waals surface area contributed by atoms with Crippen LogP contribution in [0.3, 0.4) is 0 Å². The number of fused-ring (bicyclic) bond motifs is 2.